The van der Waals surface area contributed by atoms with Gasteiger partial charge in [-0.2, -0.15) is 0 Å². The number of rotatable bonds is 3. The van der Waals surface area contributed by atoms with Crippen LogP contribution < -0.4 is 0 Å². The predicted molar refractivity (Wildman–Crippen MR) is 85.2 cm³/mol. The molecule has 3 rings (SSSR count). The maximum atomic E-state index is 12.5. The zero-order chi connectivity index (χ0) is 16.3. The number of hydrogen-bond acceptors (Lipinski definition) is 3. The van der Waals surface area contributed by atoms with E-state index in [0.717, 1.165) is 24.8 Å². The fourth-order valence-electron chi connectivity index (χ4n) is 3.63. The molecule has 1 aromatic rings. The second-order valence-corrected chi connectivity index (χ2v) is 6.43. The molecule has 2 saturated heterocycles. The minimum absolute atomic E-state index is 0.0248. The number of likely N-dealkylation sites (tertiary alicyclic amines) is 1. The molecule has 0 radical (unpaired) electrons. The molecule has 2 fully saturated rings. The Kier molecular flexibility index (Phi) is 4.66. The van der Waals surface area contributed by atoms with Gasteiger partial charge in [-0.05, 0) is 37.7 Å². The molecule has 1 N–H and O–H groups in total. The molecule has 1 unspecified atom stereocenters. The van der Waals surface area contributed by atoms with E-state index in [1.807, 2.05) is 30.3 Å². The molecule has 2 heterocycles. The molecule has 1 amide bonds. The number of carboxylic acids is 1. The Bertz CT molecular complexity index is 558. The Morgan fingerprint density at radius 2 is 1.83 bits per heavy atom. The second-order valence-electron chi connectivity index (χ2n) is 6.43. The number of hydrogen-bond donors (Lipinski definition) is 1. The highest BCUT2D eigenvalue weighted by molar-refractivity contribution is 5.84. The predicted octanol–water partition coefficient (Wildman–Crippen LogP) is 2.20. The van der Waals surface area contributed by atoms with Crippen LogP contribution in [0.15, 0.2) is 30.3 Å². The van der Waals surface area contributed by atoms with E-state index < -0.39 is 11.4 Å². The van der Waals surface area contributed by atoms with Crippen molar-refractivity contribution in [2.45, 2.75) is 43.6 Å². The van der Waals surface area contributed by atoms with Gasteiger partial charge in [0.2, 0.25) is 0 Å². The number of carbonyl (C=O) groups excluding carboxylic acids is 1. The quantitative estimate of drug-likeness (QED) is 0.928. The van der Waals surface area contributed by atoms with Crippen LogP contribution in [-0.4, -0.2) is 47.7 Å². The Morgan fingerprint density at radius 3 is 2.39 bits per heavy atom. The highest BCUT2D eigenvalue weighted by Gasteiger charge is 2.44. The summed E-state index contributed by atoms with van der Waals surface area (Å²) in [5.74, 6) is -0.776. The normalized spacial score (nSPS) is 24.2. The van der Waals surface area contributed by atoms with Gasteiger partial charge in [-0.25, -0.2) is 0 Å². The van der Waals surface area contributed by atoms with Gasteiger partial charge in [0, 0.05) is 19.7 Å². The average Bonchev–Trinajstić information content (AvgIpc) is 2.62. The van der Waals surface area contributed by atoms with Gasteiger partial charge in [0.05, 0.1) is 5.41 Å². The monoisotopic (exact) mass is 317 g/mol. The second kappa shape index (κ2) is 6.71. The van der Waals surface area contributed by atoms with Crippen molar-refractivity contribution < 1.29 is 19.4 Å². The summed E-state index contributed by atoms with van der Waals surface area (Å²) in [4.78, 5) is 26.2. The zero-order valence-electron chi connectivity index (χ0n) is 13.2. The molecule has 1 atom stereocenters. The van der Waals surface area contributed by atoms with Crippen molar-refractivity contribution in [1.29, 1.82) is 0 Å². The van der Waals surface area contributed by atoms with Crippen molar-refractivity contribution in [2.24, 2.45) is 0 Å². The van der Waals surface area contributed by atoms with Crippen molar-refractivity contribution in [1.82, 2.24) is 4.90 Å². The van der Waals surface area contributed by atoms with E-state index in [1.54, 1.807) is 4.90 Å². The molecule has 1 aromatic carbocycles. The molecule has 0 spiro atoms. The summed E-state index contributed by atoms with van der Waals surface area (Å²) >= 11 is 0. The summed E-state index contributed by atoms with van der Waals surface area (Å²) in [6, 6.07) is 9.37. The molecule has 2 aliphatic heterocycles. The van der Waals surface area contributed by atoms with E-state index in [9.17, 15) is 14.7 Å². The van der Waals surface area contributed by atoms with Crippen LogP contribution in [0.1, 0.15) is 37.7 Å². The van der Waals surface area contributed by atoms with Gasteiger partial charge in [0.15, 0.2) is 0 Å². The van der Waals surface area contributed by atoms with Gasteiger partial charge < -0.3 is 14.7 Å². The lowest BCUT2D eigenvalue weighted by Gasteiger charge is -2.40. The van der Waals surface area contributed by atoms with Crippen molar-refractivity contribution in [3.05, 3.63) is 35.9 Å². The molecule has 5 heteroatoms. The number of carbonyl (C=O) groups is 2. The van der Waals surface area contributed by atoms with Crippen LogP contribution in [0.5, 0.6) is 0 Å². The highest BCUT2D eigenvalue weighted by atomic mass is 16.5. The number of aliphatic carboxylic acids is 1. The van der Waals surface area contributed by atoms with Crippen LogP contribution in [-0.2, 0) is 19.7 Å². The highest BCUT2D eigenvalue weighted by Crippen LogP contribution is 2.36. The van der Waals surface area contributed by atoms with Crippen molar-refractivity contribution in [2.75, 3.05) is 19.7 Å². The molecule has 124 valence electrons. The summed E-state index contributed by atoms with van der Waals surface area (Å²) in [5.41, 5.74) is -0.0561. The maximum Gasteiger partial charge on any atom is 0.314 e. The first-order chi connectivity index (χ1) is 11.1. The SMILES string of the molecule is O=C(C1CCCCO1)N1CCC(C(=O)O)(c2ccccc2)CC1. The average molecular weight is 317 g/mol. The Morgan fingerprint density at radius 1 is 1.13 bits per heavy atom. The third-order valence-corrected chi connectivity index (χ3v) is 5.12. The zero-order valence-corrected chi connectivity index (χ0v) is 13.2. The van der Waals surface area contributed by atoms with E-state index in [4.69, 9.17) is 4.74 Å². The largest absolute Gasteiger partial charge is 0.481 e. The number of nitrogens with zero attached hydrogens (tertiary/aromatic N) is 1. The van der Waals surface area contributed by atoms with Gasteiger partial charge >= 0.3 is 5.97 Å². The Hall–Kier alpha value is -1.88. The van der Waals surface area contributed by atoms with E-state index in [-0.39, 0.29) is 12.0 Å². The van der Waals surface area contributed by atoms with Crippen molar-refractivity contribution in [3.63, 3.8) is 0 Å². The Labute approximate surface area is 136 Å². The van der Waals surface area contributed by atoms with Crippen LogP contribution in [0.25, 0.3) is 0 Å². The Balaban J connectivity index is 1.70. The van der Waals surface area contributed by atoms with E-state index >= 15 is 0 Å². The van der Waals surface area contributed by atoms with Crippen molar-refractivity contribution in [3.8, 4) is 0 Å². The fourth-order valence-corrected chi connectivity index (χ4v) is 3.63. The summed E-state index contributed by atoms with van der Waals surface area (Å²) in [5, 5.41) is 9.79. The third-order valence-electron chi connectivity index (χ3n) is 5.12. The number of ether oxygens (including phenoxy) is 1. The topological polar surface area (TPSA) is 66.8 Å². The van der Waals surface area contributed by atoms with E-state index in [1.165, 1.54) is 0 Å². The maximum absolute atomic E-state index is 12.5. The lowest BCUT2D eigenvalue weighted by Crippen LogP contribution is -2.52. The van der Waals surface area contributed by atoms with Crippen LogP contribution in [0, 0.1) is 0 Å². The van der Waals surface area contributed by atoms with Gasteiger partial charge in [-0.3, -0.25) is 9.59 Å². The summed E-state index contributed by atoms with van der Waals surface area (Å²) in [6.45, 7) is 1.59. The summed E-state index contributed by atoms with van der Waals surface area (Å²) < 4.78 is 5.57. The molecule has 2 aliphatic rings. The first kappa shape index (κ1) is 16.0. The summed E-state index contributed by atoms with van der Waals surface area (Å²) in [7, 11) is 0. The van der Waals surface area contributed by atoms with Gasteiger partial charge in [0.25, 0.3) is 5.91 Å². The van der Waals surface area contributed by atoms with Crippen LogP contribution >= 0.6 is 0 Å². The number of benzene rings is 1. The molecular formula is C18H23NO4. The minimum atomic E-state index is -0.883. The van der Waals surface area contributed by atoms with Crippen LogP contribution in [0.4, 0.5) is 0 Å². The molecule has 0 aliphatic carbocycles. The molecule has 0 aromatic heterocycles. The molecule has 5 nitrogen and oxygen atoms in total. The first-order valence-electron chi connectivity index (χ1n) is 8.33. The van der Waals surface area contributed by atoms with Gasteiger partial charge in [0.1, 0.15) is 6.10 Å². The van der Waals surface area contributed by atoms with Gasteiger partial charge in [-0.1, -0.05) is 30.3 Å². The molecular weight excluding hydrogens is 294 g/mol. The lowest BCUT2D eigenvalue weighted by atomic mass is 9.72. The van der Waals surface area contributed by atoms with Crippen LogP contribution in [0.2, 0.25) is 0 Å². The number of amides is 1. The lowest BCUT2D eigenvalue weighted by molar-refractivity contribution is -0.153. The van der Waals surface area contributed by atoms with E-state index in [2.05, 4.69) is 0 Å². The number of carboxylic acid groups (broad SMARTS) is 1. The molecule has 23 heavy (non-hydrogen) atoms. The summed E-state index contributed by atoms with van der Waals surface area (Å²) in [6.07, 6.45) is 3.37. The standard InChI is InChI=1S/C18H23NO4/c20-16(15-8-4-5-13-23-15)19-11-9-18(10-12-19,17(21)22)14-6-2-1-3-7-14/h1-3,6-7,15H,4-5,8-13H2,(H,21,22). The smallest absolute Gasteiger partial charge is 0.314 e. The first-order valence-corrected chi connectivity index (χ1v) is 8.33. The third kappa shape index (κ3) is 3.11. The fraction of sp³-hybridized carbons (Fsp3) is 0.556. The van der Waals surface area contributed by atoms with Gasteiger partial charge in [-0.15, -0.1) is 0 Å². The molecule has 0 bridgehead atoms. The molecule has 0 saturated carbocycles. The van der Waals surface area contributed by atoms with E-state index in [0.29, 0.717) is 32.5 Å². The van der Waals surface area contributed by atoms with Crippen molar-refractivity contribution >= 4 is 11.9 Å². The minimum Gasteiger partial charge on any atom is -0.481 e. The number of piperidine rings is 1. The van der Waals surface area contributed by atoms with Crippen LogP contribution in [0.3, 0.4) is 0 Å².